The van der Waals surface area contributed by atoms with Crippen molar-refractivity contribution < 1.29 is 35.1 Å². The van der Waals surface area contributed by atoms with Gasteiger partial charge in [0, 0.05) is 55.0 Å². The van der Waals surface area contributed by atoms with E-state index in [4.69, 9.17) is 0 Å². The lowest BCUT2D eigenvalue weighted by Gasteiger charge is -2.19. The quantitative estimate of drug-likeness (QED) is 0.155. The van der Waals surface area contributed by atoms with Gasteiger partial charge in [0.2, 0.25) is 0 Å². The molecule has 0 bridgehead atoms. The van der Waals surface area contributed by atoms with Gasteiger partial charge in [-0.05, 0) is 95.1 Å². The maximum Gasteiger partial charge on any atom is 0.416 e. The van der Waals surface area contributed by atoms with E-state index in [1.807, 2.05) is 36.2 Å². The van der Waals surface area contributed by atoms with E-state index in [2.05, 4.69) is 15.5 Å². The van der Waals surface area contributed by atoms with Gasteiger partial charge in [-0.15, -0.1) is 0 Å². The summed E-state index contributed by atoms with van der Waals surface area (Å²) in [5.74, 6) is -0.566. The Bertz CT molecular complexity index is 2590. The van der Waals surface area contributed by atoms with Gasteiger partial charge in [-0.25, -0.2) is 17.8 Å². The Hall–Kier alpha value is -6.70. The SMILES string of the molecule is C.C.CN(Cc1ccc(F)cc1)c1ccn2ncc(-c3ccc(C(F)(F)F)cc3)c2c1.Fc1ccc(CNc2ccn3ncc(-c4ccc(C(F)(F)F)cc4)c3c2)cc1. The molecule has 4 heterocycles. The topological polar surface area (TPSA) is 49.9 Å². The molecule has 0 unspecified atom stereocenters. The lowest BCUT2D eigenvalue weighted by molar-refractivity contribution is -0.138. The fourth-order valence-electron chi connectivity index (χ4n) is 6.18. The lowest BCUT2D eigenvalue weighted by Crippen LogP contribution is -2.16. The van der Waals surface area contributed by atoms with E-state index in [1.54, 1.807) is 58.1 Å². The van der Waals surface area contributed by atoms with E-state index in [-0.39, 0.29) is 26.5 Å². The maximum absolute atomic E-state index is 13.1. The average Bonchev–Trinajstić information content (AvgIpc) is 3.82. The van der Waals surface area contributed by atoms with Crippen molar-refractivity contribution in [3.05, 3.63) is 180 Å². The minimum absolute atomic E-state index is 0. The average molecular weight is 817 g/mol. The van der Waals surface area contributed by atoms with E-state index in [0.29, 0.717) is 24.2 Å². The molecule has 4 aromatic carbocycles. The molecule has 14 heteroatoms. The van der Waals surface area contributed by atoms with Crippen LogP contribution >= 0.6 is 0 Å². The molecule has 0 saturated carbocycles. The van der Waals surface area contributed by atoms with Crippen molar-refractivity contribution in [2.45, 2.75) is 40.3 Å². The summed E-state index contributed by atoms with van der Waals surface area (Å²) in [4.78, 5) is 2.01. The largest absolute Gasteiger partial charge is 0.416 e. The fraction of sp³-hybridized carbons (Fsp3) is 0.156. The normalized spacial score (nSPS) is 11.3. The molecule has 0 aliphatic rings. The van der Waals surface area contributed by atoms with Gasteiger partial charge in [-0.2, -0.15) is 36.5 Å². The molecule has 306 valence electrons. The molecule has 0 amide bonds. The number of fused-ring (bicyclic) bond motifs is 2. The number of nitrogens with one attached hydrogen (secondary N) is 1. The van der Waals surface area contributed by atoms with E-state index < -0.39 is 23.5 Å². The number of aromatic nitrogens is 4. The van der Waals surface area contributed by atoms with Crippen molar-refractivity contribution in [3.63, 3.8) is 0 Å². The molecule has 4 aromatic heterocycles. The van der Waals surface area contributed by atoms with Gasteiger partial charge in [0.25, 0.3) is 0 Å². The number of benzene rings is 4. The van der Waals surface area contributed by atoms with Crippen LogP contribution in [0.2, 0.25) is 0 Å². The van der Waals surface area contributed by atoms with Crippen LogP contribution in [0.4, 0.5) is 46.5 Å². The fourth-order valence-corrected chi connectivity index (χ4v) is 6.18. The molecule has 0 radical (unpaired) electrons. The molecule has 6 nitrogen and oxygen atoms in total. The van der Waals surface area contributed by atoms with Crippen LogP contribution in [0.3, 0.4) is 0 Å². The van der Waals surface area contributed by atoms with Crippen LogP contribution < -0.4 is 10.2 Å². The van der Waals surface area contributed by atoms with Gasteiger partial charge >= 0.3 is 12.4 Å². The second-order valence-corrected chi connectivity index (χ2v) is 13.2. The second kappa shape index (κ2) is 17.8. The summed E-state index contributed by atoms with van der Waals surface area (Å²) in [5, 5.41) is 11.8. The zero-order valence-corrected chi connectivity index (χ0v) is 30.0. The third-order valence-corrected chi connectivity index (χ3v) is 9.26. The standard InChI is InChI=1S/C22H17F4N3.C21H15F4N3.2CH4/c1-28(14-15-2-8-18(23)9-3-15)19-10-11-29-21(12-19)20(13-27-29)16-4-6-17(7-5-16)22(24,25)26;22-17-7-1-14(2-8-17)12-26-18-9-10-28-20(11-18)19(13-27-28)15-3-5-16(6-4-15)21(23,24)25;;/h2-13H,14H2,1H3;1-11,13,26H,12H2;2*1H4. The lowest BCUT2D eigenvalue weighted by atomic mass is 10.0. The van der Waals surface area contributed by atoms with Crippen molar-refractivity contribution in [2.24, 2.45) is 0 Å². The van der Waals surface area contributed by atoms with E-state index in [9.17, 15) is 35.1 Å². The van der Waals surface area contributed by atoms with Crippen molar-refractivity contribution in [1.29, 1.82) is 0 Å². The Balaban J connectivity index is 0.000000217. The van der Waals surface area contributed by atoms with E-state index in [0.717, 1.165) is 68.9 Å². The minimum Gasteiger partial charge on any atom is -0.381 e. The highest BCUT2D eigenvalue weighted by Gasteiger charge is 2.31. The molecule has 0 aliphatic carbocycles. The first-order chi connectivity index (χ1) is 27.2. The third-order valence-electron chi connectivity index (χ3n) is 9.26. The number of hydrogen-bond donors (Lipinski definition) is 1. The molecule has 0 spiro atoms. The molecule has 59 heavy (non-hydrogen) atoms. The number of nitrogens with zero attached hydrogens (tertiary/aromatic N) is 5. The predicted octanol–water partition coefficient (Wildman–Crippen LogP) is 12.8. The minimum atomic E-state index is -4.37. The highest BCUT2D eigenvalue weighted by molar-refractivity contribution is 5.83. The molecule has 0 atom stereocenters. The zero-order valence-electron chi connectivity index (χ0n) is 30.0. The highest BCUT2D eigenvalue weighted by Crippen LogP contribution is 2.34. The second-order valence-electron chi connectivity index (χ2n) is 13.2. The number of rotatable bonds is 8. The van der Waals surface area contributed by atoms with Gasteiger partial charge in [0.05, 0.1) is 34.6 Å². The van der Waals surface area contributed by atoms with Crippen LogP contribution in [-0.2, 0) is 25.4 Å². The van der Waals surface area contributed by atoms with Gasteiger partial charge in [-0.1, -0.05) is 63.4 Å². The zero-order chi connectivity index (χ0) is 40.3. The smallest absolute Gasteiger partial charge is 0.381 e. The van der Waals surface area contributed by atoms with Crippen LogP contribution in [0.15, 0.2) is 146 Å². The molecular weight excluding hydrogens is 777 g/mol. The number of halogens is 8. The van der Waals surface area contributed by atoms with Crippen LogP contribution in [-0.4, -0.2) is 26.3 Å². The van der Waals surface area contributed by atoms with Gasteiger partial charge < -0.3 is 10.2 Å². The predicted molar refractivity (Wildman–Crippen MR) is 217 cm³/mol. The van der Waals surface area contributed by atoms with Crippen LogP contribution in [0.1, 0.15) is 37.1 Å². The summed E-state index contributed by atoms with van der Waals surface area (Å²) < 4.78 is 106. The number of anilines is 2. The monoisotopic (exact) mass is 816 g/mol. The Morgan fingerprint density at radius 3 is 1.47 bits per heavy atom. The molecule has 8 rings (SSSR count). The van der Waals surface area contributed by atoms with Gasteiger partial charge in [0.15, 0.2) is 0 Å². The number of alkyl halides is 6. The number of hydrogen-bond acceptors (Lipinski definition) is 4. The summed E-state index contributed by atoms with van der Waals surface area (Å²) in [6.07, 6.45) is -1.88. The van der Waals surface area contributed by atoms with Crippen molar-refractivity contribution in [2.75, 3.05) is 17.3 Å². The molecule has 1 N–H and O–H groups in total. The maximum atomic E-state index is 13.1. The Morgan fingerprint density at radius 2 is 1.00 bits per heavy atom. The van der Waals surface area contributed by atoms with Gasteiger partial charge in [-0.3, -0.25) is 0 Å². The first-order valence-electron chi connectivity index (χ1n) is 17.5. The van der Waals surface area contributed by atoms with E-state index in [1.165, 1.54) is 48.5 Å². The first-order valence-corrected chi connectivity index (χ1v) is 17.5. The third kappa shape index (κ3) is 10.2. The first kappa shape index (κ1) is 43.4. The molecule has 8 aromatic rings. The Morgan fingerprint density at radius 1 is 0.559 bits per heavy atom. The summed E-state index contributed by atoms with van der Waals surface area (Å²) in [6.45, 7) is 1.10. The summed E-state index contributed by atoms with van der Waals surface area (Å²) >= 11 is 0. The van der Waals surface area contributed by atoms with Crippen LogP contribution in [0, 0.1) is 11.6 Å². The molecule has 0 aliphatic heterocycles. The van der Waals surface area contributed by atoms with Crippen LogP contribution in [0.25, 0.3) is 33.3 Å². The summed E-state index contributed by atoms with van der Waals surface area (Å²) in [6, 6.07) is 30.2. The summed E-state index contributed by atoms with van der Waals surface area (Å²) in [5.41, 5.74) is 6.60. The van der Waals surface area contributed by atoms with Crippen molar-refractivity contribution in [1.82, 2.24) is 19.2 Å². The van der Waals surface area contributed by atoms with E-state index >= 15 is 0 Å². The highest BCUT2D eigenvalue weighted by atomic mass is 19.4. The number of pyridine rings is 2. The molecule has 0 fully saturated rings. The molecular formula is C45H40F8N6. The summed E-state index contributed by atoms with van der Waals surface area (Å²) in [7, 11) is 1.92. The van der Waals surface area contributed by atoms with Crippen molar-refractivity contribution >= 4 is 22.4 Å². The Labute approximate surface area is 336 Å². The van der Waals surface area contributed by atoms with Gasteiger partial charge in [0.1, 0.15) is 11.6 Å². The Kier molecular flexibility index (Phi) is 13.1. The van der Waals surface area contributed by atoms with Crippen LogP contribution in [0.5, 0.6) is 0 Å². The molecule has 0 saturated heterocycles. The van der Waals surface area contributed by atoms with Crippen molar-refractivity contribution in [3.8, 4) is 22.3 Å².